The highest BCUT2D eigenvalue weighted by Gasteiger charge is 2.02. The number of para-hydroxylation sites is 1. The molecule has 0 saturated heterocycles. The summed E-state index contributed by atoms with van der Waals surface area (Å²) in [7, 11) is 0. The van der Waals surface area contributed by atoms with Gasteiger partial charge in [0.1, 0.15) is 11.6 Å². The van der Waals surface area contributed by atoms with Crippen LogP contribution >= 0.6 is 0 Å². The standard InChI is InChI=1S/C17H17FN4/c1-12-10-16(14-4-2-3-5-15(14)22-12)19-8-9-20-17-7-6-13(18)11-21-17/h2-7,10-11H,8-9H2,1H3,(H,19,22)(H,20,21). The number of aryl methyl sites for hydroxylation is 1. The van der Waals surface area contributed by atoms with E-state index in [0.717, 1.165) is 28.8 Å². The molecular weight excluding hydrogens is 279 g/mol. The minimum absolute atomic E-state index is 0.331. The molecule has 3 rings (SSSR count). The van der Waals surface area contributed by atoms with Crippen LogP contribution in [0.25, 0.3) is 10.9 Å². The van der Waals surface area contributed by atoms with Crippen LogP contribution in [0.1, 0.15) is 5.69 Å². The van der Waals surface area contributed by atoms with Gasteiger partial charge in [0.15, 0.2) is 0 Å². The maximum Gasteiger partial charge on any atom is 0.141 e. The average molecular weight is 296 g/mol. The van der Waals surface area contributed by atoms with Crippen molar-refractivity contribution >= 4 is 22.4 Å². The molecular formula is C17H17FN4. The number of aromatic nitrogens is 2. The van der Waals surface area contributed by atoms with Crippen LogP contribution in [0.15, 0.2) is 48.7 Å². The molecule has 112 valence electrons. The summed E-state index contributed by atoms with van der Waals surface area (Å²) >= 11 is 0. The van der Waals surface area contributed by atoms with Crippen LogP contribution in [0.4, 0.5) is 15.9 Å². The highest BCUT2D eigenvalue weighted by Crippen LogP contribution is 2.22. The van der Waals surface area contributed by atoms with E-state index in [0.29, 0.717) is 12.4 Å². The van der Waals surface area contributed by atoms with Gasteiger partial charge in [0.05, 0.1) is 11.7 Å². The molecule has 0 bridgehead atoms. The predicted molar refractivity (Wildman–Crippen MR) is 87.7 cm³/mol. The second-order valence-electron chi connectivity index (χ2n) is 5.04. The molecule has 5 heteroatoms. The van der Waals surface area contributed by atoms with Gasteiger partial charge in [0, 0.05) is 29.9 Å². The summed E-state index contributed by atoms with van der Waals surface area (Å²) < 4.78 is 12.8. The van der Waals surface area contributed by atoms with Crippen LogP contribution in [0.3, 0.4) is 0 Å². The largest absolute Gasteiger partial charge is 0.383 e. The lowest BCUT2D eigenvalue weighted by Gasteiger charge is -2.11. The number of rotatable bonds is 5. The summed E-state index contributed by atoms with van der Waals surface area (Å²) in [6, 6.07) is 13.1. The Labute approximate surface area is 128 Å². The zero-order valence-corrected chi connectivity index (χ0v) is 12.3. The van der Waals surface area contributed by atoms with E-state index in [9.17, 15) is 4.39 Å². The van der Waals surface area contributed by atoms with Crippen molar-refractivity contribution in [2.75, 3.05) is 23.7 Å². The number of hydrogen-bond donors (Lipinski definition) is 2. The first-order chi connectivity index (χ1) is 10.7. The van der Waals surface area contributed by atoms with E-state index in [4.69, 9.17) is 0 Å². The zero-order valence-electron chi connectivity index (χ0n) is 12.3. The Bertz CT molecular complexity index is 771. The summed E-state index contributed by atoms with van der Waals surface area (Å²) in [5, 5.41) is 7.66. The van der Waals surface area contributed by atoms with Crippen molar-refractivity contribution in [3.63, 3.8) is 0 Å². The summed E-state index contributed by atoms with van der Waals surface area (Å²) in [4.78, 5) is 8.48. The van der Waals surface area contributed by atoms with Crippen molar-refractivity contribution in [3.8, 4) is 0 Å². The Morgan fingerprint density at radius 3 is 2.68 bits per heavy atom. The van der Waals surface area contributed by atoms with Crippen molar-refractivity contribution < 1.29 is 4.39 Å². The molecule has 0 aliphatic heterocycles. The van der Waals surface area contributed by atoms with Crippen molar-refractivity contribution in [1.29, 1.82) is 0 Å². The second kappa shape index (κ2) is 6.39. The number of nitrogens with zero attached hydrogens (tertiary/aromatic N) is 2. The topological polar surface area (TPSA) is 49.8 Å². The van der Waals surface area contributed by atoms with E-state index in [-0.39, 0.29) is 5.82 Å². The minimum atomic E-state index is -0.331. The van der Waals surface area contributed by atoms with Gasteiger partial charge >= 0.3 is 0 Å². The molecule has 0 spiro atoms. The van der Waals surface area contributed by atoms with E-state index in [1.165, 1.54) is 12.3 Å². The maximum atomic E-state index is 12.8. The Kier molecular flexibility index (Phi) is 4.14. The fourth-order valence-electron chi connectivity index (χ4n) is 2.32. The summed E-state index contributed by atoms with van der Waals surface area (Å²) in [6.07, 6.45) is 1.20. The van der Waals surface area contributed by atoms with Crippen molar-refractivity contribution in [3.05, 3.63) is 60.2 Å². The third kappa shape index (κ3) is 3.31. The van der Waals surface area contributed by atoms with E-state index < -0.39 is 0 Å². The Morgan fingerprint density at radius 1 is 1.05 bits per heavy atom. The Hall–Kier alpha value is -2.69. The summed E-state index contributed by atoms with van der Waals surface area (Å²) in [6.45, 7) is 3.40. The van der Waals surface area contributed by atoms with Gasteiger partial charge in [-0.15, -0.1) is 0 Å². The summed E-state index contributed by atoms with van der Waals surface area (Å²) in [5.41, 5.74) is 3.03. The quantitative estimate of drug-likeness (QED) is 0.706. The van der Waals surface area contributed by atoms with E-state index in [1.54, 1.807) is 6.07 Å². The molecule has 3 aromatic rings. The fourth-order valence-corrected chi connectivity index (χ4v) is 2.32. The average Bonchev–Trinajstić information content (AvgIpc) is 2.53. The summed E-state index contributed by atoms with van der Waals surface area (Å²) in [5.74, 6) is 0.335. The molecule has 0 aliphatic carbocycles. The SMILES string of the molecule is Cc1cc(NCCNc2ccc(F)cn2)c2ccccc2n1. The van der Waals surface area contributed by atoms with E-state index in [1.807, 2.05) is 31.2 Å². The number of pyridine rings is 2. The third-order valence-electron chi connectivity index (χ3n) is 3.32. The molecule has 0 unspecified atom stereocenters. The smallest absolute Gasteiger partial charge is 0.141 e. The highest BCUT2D eigenvalue weighted by atomic mass is 19.1. The molecule has 0 aliphatic rings. The van der Waals surface area contributed by atoms with Crippen molar-refractivity contribution in [2.24, 2.45) is 0 Å². The molecule has 0 saturated carbocycles. The van der Waals surface area contributed by atoms with Crippen LogP contribution in [0, 0.1) is 12.7 Å². The number of nitrogens with one attached hydrogen (secondary N) is 2. The monoisotopic (exact) mass is 296 g/mol. The van der Waals surface area contributed by atoms with Crippen LogP contribution < -0.4 is 10.6 Å². The first kappa shape index (κ1) is 14.3. The lowest BCUT2D eigenvalue weighted by molar-refractivity contribution is 0.621. The van der Waals surface area contributed by atoms with E-state index in [2.05, 4.69) is 26.7 Å². The molecule has 2 heterocycles. The van der Waals surface area contributed by atoms with Gasteiger partial charge < -0.3 is 10.6 Å². The van der Waals surface area contributed by atoms with Crippen LogP contribution in [0.5, 0.6) is 0 Å². The lowest BCUT2D eigenvalue weighted by atomic mass is 10.1. The minimum Gasteiger partial charge on any atom is -0.383 e. The highest BCUT2D eigenvalue weighted by molar-refractivity contribution is 5.91. The van der Waals surface area contributed by atoms with Crippen LogP contribution in [-0.4, -0.2) is 23.1 Å². The van der Waals surface area contributed by atoms with Crippen LogP contribution in [0.2, 0.25) is 0 Å². The van der Waals surface area contributed by atoms with Gasteiger partial charge in [0.25, 0.3) is 0 Å². The normalized spacial score (nSPS) is 10.6. The fraction of sp³-hybridized carbons (Fsp3) is 0.176. The zero-order chi connectivity index (χ0) is 15.4. The molecule has 2 aromatic heterocycles. The van der Waals surface area contributed by atoms with Gasteiger partial charge in [0.2, 0.25) is 0 Å². The first-order valence-electron chi connectivity index (χ1n) is 7.18. The molecule has 22 heavy (non-hydrogen) atoms. The van der Waals surface area contributed by atoms with Gasteiger partial charge in [-0.05, 0) is 31.2 Å². The van der Waals surface area contributed by atoms with Gasteiger partial charge in [-0.25, -0.2) is 9.37 Å². The number of anilines is 2. The predicted octanol–water partition coefficient (Wildman–Crippen LogP) is 3.60. The number of benzene rings is 1. The third-order valence-corrected chi connectivity index (χ3v) is 3.32. The molecule has 1 aromatic carbocycles. The van der Waals surface area contributed by atoms with Gasteiger partial charge in [-0.1, -0.05) is 18.2 Å². The molecule has 0 radical (unpaired) electrons. The number of fused-ring (bicyclic) bond motifs is 1. The molecule has 2 N–H and O–H groups in total. The van der Waals surface area contributed by atoms with Crippen molar-refractivity contribution in [1.82, 2.24) is 9.97 Å². The molecule has 0 amide bonds. The lowest BCUT2D eigenvalue weighted by Crippen LogP contribution is -2.14. The first-order valence-corrected chi connectivity index (χ1v) is 7.18. The second-order valence-corrected chi connectivity index (χ2v) is 5.04. The van der Waals surface area contributed by atoms with Crippen molar-refractivity contribution in [2.45, 2.75) is 6.92 Å². The van der Waals surface area contributed by atoms with Crippen LogP contribution in [-0.2, 0) is 0 Å². The molecule has 4 nitrogen and oxygen atoms in total. The Morgan fingerprint density at radius 2 is 1.86 bits per heavy atom. The van der Waals surface area contributed by atoms with Gasteiger partial charge in [-0.2, -0.15) is 0 Å². The molecule has 0 fully saturated rings. The van der Waals surface area contributed by atoms with Gasteiger partial charge in [-0.3, -0.25) is 4.98 Å². The molecule has 0 atom stereocenters. The number of halogens is 1. The Balaban J connectivity index is 1.63. The maximum absolute atomic E-state index is 12.8. The number of hydrogen-bond acceptors (Lipinski definition) is 4. The van der Waals surface area contributed by atoms with E-state index >= 15 is 0 Å².